The maximum absolute atomic E-state index is 13.2. The first-order valence-electron chi connectivity index (χ1n) is 9.72. The normalized spacial score (nSPS) is 19.8. The Hall–Kier alpha value is -1.46. The molecular weight excluding hydrogens is 390 g/mol. The molecule has 5 heteroatoms. The molecule has 0 radical (unpaired) electrons. The number of hydrogen-bond donors (Lipinski definition) is 0. The Balaban J connectivity index is 1.52. The minimum absolute atomic E-state index is 0.141. The molecule has 0 atom stereocenters. The molecule has 1 aromatic heterocycles. The zero-order valence-electron chi connectivity index (χ0n) is 15.4. The van der Waals surface area contributed by atoms with Crippen LogP contribution in [0.15, 0.2) is 28.7 Å². The van der Waals surface area contributed by atoms with Crippen molar-refractivity contribution >= 4 is 32.7 Å². The van der Waals surface area contributed by atoms with E-state index in [1.54, 1.807) is 0 Å². The number of carbonyl (C=O) groups is 1. The van der Waals surface area contributed by atoms with Gasteiger partial charge in [0.05, 0.1) is 11.1 Å². The third kappa shape index (κ3) is 3.65. The zero-order chi connectivity index (χ0) is 18.1. The van der Waals surface area contributed by atoms with Crippen LogP contribution in [-0.4, -0.2) is 52.9 Å². The standard InChI is InChI=1S/C21H26BrN3O/c1-15-13-19(18-14-16(22)7-8-20(18)23-15)21(26)25-11-9-24(10-12-25)17-5-3-2-4-6-17/h7-8,13-14,17H,2-6,9-12H2,1H3. The lowest BCUT2D eigenvalue weighted by Crippen LogP contribution is -2.52. The Morgan fingerprint density at radius 1 is 1.08 bits per heavy atom. The monoisotopic (exact) mass is 415 g/mol. The molecule has 1 aromatic carbocycles. The summed E-state index contributed by atoms with van der Waals surface area (Å²) in [5, 5.41) is 0.935. The molecule has 2 heterocycles. The molecule has 4 rings (SSSR count). The molecular formula is C21H26BrN3O. The summed E-state index contributed by atoms with van der Waals surface area (Å²) in [5.74, 6) is 0.141. The van der Waals surface area contributed by atoms with Gasteiger partial charge in [0.15, 0.2) is 0 Å². The number of carbonyl (C=O) groups excluding carboxylic acids is 1. The SMILES string of the molecule is Cc1cc(C(=O)N2CCN(C3CCCCC3)CC2)c2cc(Br)ccc2n1. The summed E-state index contributed by atoms with van der Waals surface area (Å²) < 4.78 is 0.979. The molecule has 2 aliphatic rings. The van der Waals surface area contributed by atoms with Crippen LogP contribution in [0.5, 0.6) is 0 Å². The van der Waals surface area contributed by atoms with Crippen molar-refractivity contribution in [1.29, 1.82) is 0 Å². The molecule has 0 unspecified atom stereocenters. The van der Waals surface area contributed by atoms with Gasteiger partial charge >= 0.3 is 0 Å². The van der Waals surface area contributed by atoms with Crippen LogP contribution in [0.3, 0.4) is 0 Å². The summed E-state index contributed by atoms with van der Waals surface area (Å²) in [6, 6.07) is 8.63. The fraction of sp³-hybridized carbons (Fsp3) is 0.524. The Morgan fingerprint density at radius 2 is 1.81 bits per heavy atom. The first kappa shape index (κ1) is 17.9. The van der Waals surface area contributed by atoms with Gasteiger partial charge in [0.25, 0.3) is 5.91 Å². The van der Waals surface area contributed by atoms with Gasteiger partial charge in [0.1, 0.15) is 0 Å². The number of pyridine rings is 1. The Kier molecular flexibility index (Phi) is 5.28. The van der Waals surface area contributed by atoms with E-state index in [4.69, 9.17) is 0 Å². The summed E-state index contributed by atoms with van der Waals surface area (Å²) in [4.78, 5) is 22.4. The van der Waals surface area contributed by atoms with Crippen molar-refractivity contribution in [2.24, 2.45) is 0 Å². The van der Waals surface area contributed by atoms with Crippen molar-refractivity contribution in [3.05, 3.63) is 40.0 Å². The molecule has 26 heavy (non-hydrogen) atoms. The lowest BCUT2D eigenvalue weighted by molar-refractivity contribution is 0.0525. The van der Waals surface area contributed by atoms with Gasteiger partial charge in [-0.25, -0.2) is 0 Å². The number of piperazine rings is 1. The van der Waals surface area contributed by atoms with E-state index in [-0.39, 0.29) is 5.91 Å². The molecule has 1 saturated heterocycles. The average Bonchev–Trinajstić information content (AvgIpc) is 2.68. The highest BCUT2D eigenvalue weighted by Crippen LogP contribution is 2.26. The van der Waals surface area contributed by atoms with Crippen LogP contribution in [0.2, 0.25) is 0 Å². The van der Waals surface area contributed by atoms with E-state index in [0.29, 0.717) is 0 Å². The molecule has 1 aliphatic carbocycles. The Morgan fingerprint density at radius 3 is 2.54 bits per heavy atom. The van der Waals surface area contributed by atoms with Crippen molar-refractivity contribution in [2.45, 2.75) is 45.1 Å². The molecule has 2 fully saturated rings. The van der Waals surface area contributed by atoms with Crippen LogP contribution >= 0.6 is 15.9 Å². The van der Waals surface area contributed by atoms with Crippen molar-refractivity contribution < 1.29 is 4.79 Å². The number of fused-ring (bicyclic) bond motifs is 1. The fourth-order valence-electron chi connectivity index (χ4n) is 4.41. The van der Waals surface area contributed by atoms with Gasteiger partial charge in [0.2, 0.25) is 0 Å². The first-order chi connectivity index (χ1) is 12.6. The van der Waals surface area contributed by atoms with Crippen LogP contribution in [0.4, 0.5) is 0 Å². The van der Waals surface area contributed by atoms with Gasteiger partial charge in [-0.15, -0.1) is 0 Å². The molecule has 1 amide bonds. The van der Waals surface area contributed by atoms with Gasteiger partial charge < -0.3 is 4.90 Å². The van der Waals surface area contributed by atoms with Crippen LogP contribution in [0.25, 0.3) is 10.9 Å². The highest BCUT2D eigenvalue weighted by molar-refractivity contribution is 9.10. The molecule has 1 saturated carbocycles. The van der Waals surface area contributed by atoms with Crippen LogP contribution in [-0.2, 0) is 0 Å². The fourth-order valence-corrected chi connectivity index (χ4v) is 4.78. The van der Waals surface area contributed by atoms with E-state index >= 15 is 0 Å². The van der Waals surface area contributed by atoms with Crippen LogP contribution in [0.1, 0.15) is 48.2 Å². The smallest absolute Gasteiger partial charge is 0.254 e. The van der Waals surface area contributed by atoms with Crippen molar-refractivity contribution in [3.8, 4) is 0 Å². The number of nitrogens with zero attached hydrogens (tertiary/aromatic N) is 3. The number of aromatic nitrogens is 1. The Bertz CT molecular complexity index is 808. The lowest BCUT2D eigenvalue weighted by Gasteiger charge is -2.40. The molecule has 138 valence electrons. The number of rotatable bonds is 2. The molecule has 2 aromatic rings. The summed E-state index contributed by atoms with van der Waals surface area (Å²) in [6.07, 6.45) is 6.77. The topological polar surface area (TPSA) is 36.4 Å². The Labute approximate surface area is 163 Å². The lowest BCUT2D eigenvalue weighted by atomic mass is 9.94. The molecule has 4 nitrogen and oxygen atoms in total. The highest BCUT2D eigenvalue weighted by atomic mass is 79.9. The minimum atomic E-state index is 0.141. The third-order valence-electron chi connectivity index (χ3n) is 5.82. The second kappa shape index (κ2) is 7.65. The van der Waals surface area contributed by atoms with E-state index < -0.39 is 0 Å². The molecule has 1 aliphatic heterocycles. The number of hydrogen-bond acceptors (Lipinski definition) is 3. The second-order valence-electron chi connectivity index (χ2n) is 7.59. The predicted octanol–water partition coefficient (Wildman–Crippen LogP) is 4.40. The van der Waals surface area contributed by atoms with Crippen LogP contribution < -0.4 is 0 Å². The maximum Gasteiger partial charge on any atom is 0.254 e. The average molecular weight is 416 g/mol. The van der Waals surface area contributed by atoms with E-state index in [2.05, 4.69) is 25.8 Å². The van der Waals surface area contributed by atoms with Crippen molar-refractivity contribution in [1.82, 2.24) is 14.8 Å². The summed E-state index contributed by atoms with van der Waals surface area (Å²) in [7, 11) is 0. The van der Waals surface area contributed by atoms with Crippen molar-refractivity contribution in [2.75, 3.05) is 26.2 Å². The second-order valence-corrected chi connectivity index (χ2v) is 8.51. The van der Waals surface area contributed by atoms with E-state index in [1.165, 1.54) is 32.1 Å². The summed E-state index contributed by atoms with van der Waals surface area (Å²) in [6.45, 7) is 5.61. The quantitative estimate of drug-likeness (QED) is 0.729. The zero-order valence-corrected chi connectivity index (χ0v) is 17.0. The van der Waals surface area contributed by atoms with Gasteiger partial charge in [-0.2, -0.15) is 0 Å². The predicted molar refractivity (Wildman–Crippen MR) is 109 cm³/mol. The molecule has 0 spiro atoms. The van der Waals surface area contributed by atoms with Gasteiger partial charge in [-0.05, 0) is 44.0 Å². The third-order valence-corrected chi connectivity index (χ3v) is 6.32. The van der Waals surface area contributed by atoms with Gasteiger partial charge in [-0.1, -0.05) is 35.2 Å². The molecule has 0 N–H and O–H groups in total. The maximum atomic E-state index is 13.2. The van der Waals surface area contributed by atoms with E-state index in [0.717, 1.165) is 58.9 Å². The first-order valence-corrected chi connectivity index (χ1v) is 10.5. The van der Waals surface area contributed by atoms with Gasteiger partial charge in [-0.3, -0.25) is 14.7 Å². The van der Waals surface area contributed by atoms with Crippen molar-refractivity contribution in [3.63, 3.8) is 0 Å². The number of amides is 1. The minimum Gasteiger partial charge on any atom is -0.336 e. The van der Waals surface area contributed by atoms with Crippen LogP contribution in [0, 0.1) is 6.92 Å². The largest absolute Gasteiger partial charge is 0.336 e. The number of halogens is 1. The highest BCUT2D eigenvalue weighted by Gasteiger charge is 2.28. The molecule has 0 bridgehead atoms. The number of aryl methyl sites for hydroxylation is 1. The van der Waals surface area contributed by atoms with E-state index in [1.807, 2.05) is 36.1 Å². The van der Waals surface area contributed by atoms with Gasteiger partial charge in [0, 0.05) is 47.8 Å². The number of benzene rings is 1. The summed E-state index contributed by atoms with van der Waals surface area (Å²) >= 11 is 3.52. The van der Waals surface area contributed by atoms with E-state index in [9.17, 15) is 4.79 Å². The summed E-state index contributed by atoms with van der Waals surface area (Å²) in [5.41, 5.74) is 2.56.